The molecular weight excluding hydrogens is 484 g/mol. The van der Waals surface area contributed by atoms with E-state index in [1.54, 1.807) is 11.3 Å². The summed E-state index contributed by atoms with van der Waals surface area (Å²) in [6.45, 7) is 8.11. The number of aromatic amines is 1. The third-order valence-electron chi connectivity index (χ3n) is 6.43. The van der Waals surface area contributed by atoms with Crippen molar-refractivity contribution in [3.8, 4) is 0 Å². The van der Waals surface area contributed by atoms with Crippen LogP contribution in [0.25, 0.3) is 0 Å². The molecule has 2 N–H and O–H groups in total. The molecule has 0 radical (unpaired) electrons. The van der Waals surface area contributed by atoms with Gasteiger partial charge in [0.25, 0.3) is 0 Å². The van der Waals surface area contributed by atoms with E-state index in [0.29, 0.717) is 42.4 Å². The summed E-state index contributed by atoms with van der Waals surface area (Å²) in [5.74, 6) is 0.841. The Morgan fingerprint density at radius 1 is 1.14 bits per heavy atom. The van der Waals surface area contributed by atoms with Gasteiger partial charge in [-0.3, -0.25) is 9.79 Å². The van der Waals surface area contributed by atoms with E-state index < -0.39 is 6.04 Å². The Morgan fingerprint density at radius 3 is 2.40 bits per heavy atom. The molecule has 2 aromatic heterocycles. The van der Waals surface area contributed by atoms with Gasteiger partial charge in [-0.05, 0) is 71.1 Å². The number of esters is 1. The fourth-order valence-corrected chi connectivity index (χ4v) is 5.65. The van der Waals surface area contributed by atoms with Crippen molar-refractivity contribution in [2.75, 3.05) is 0 Å². The SMILES string of the molecule is Cc1nnc(C(CC(=O)OC2CCC(O)CC2)/N=C(/c2ccc(Cl)cc2)c2c(C)sc(C)c2C)[nH]1. The number of aliphatic hydroxyl groups excluding tert-OH is 1. The van der Waals surface area contributed by atoms with Crippen LogP contribution in [-0.4, -0.2) is 44.2 Å². The number of benzene rings is 1. The Bertz CT molecular complexity index is 1210. The van der Waals surface area contributed by atoms with Crippen molar-refractivity contribution in [3.63, 3.8) is 0 Å². The van der Waals surface area contributed by atoms with E-state index in [2.05, 4.69) is 36.0 Å². The number of aliphatic imine (C=N–C) groups is 1. The van der Waals surface area contributed by atoms with E-state index in [9.17, 15) is 9.90 Å². The van der Waals surface area contributed by atoms with Gasteiger partial charge in [0.1, 0.15) is 18.0 Å². The quantitative estimate of drug-likeness (QED) is 0.317. The lowest BCUT2D eigenvalue weighted by Gasteiger charge is -2.25. The third kappa shape index (κ3) is 6.18. The van der Waals surface area contributed by atoms with Gasteiger partial charge >= 0.3 is 5.97 Å². The van der Waals surface area contributed by atoms with E-state index in [-0.39, 0.29) is 24.6 Å². The Morgan fingerprint density at radius 2 is 1.83 bits per heavy atom. The molecule has 1 aliphatic carbocycles. The zero-order chi connectivity index (χ0) is 25.1. The minimum absolute atomic E-state index is 0.0337. The summed E-state index contributed by atoms with van der Waals surface area (Å²) >= 11 is 7.90. The summed E-state index contributed by atoms with van der Waals surface area (Å²) in [5.41, 5.74) is 3.92. The summed E-state index contributed by atoms with van der Waals surface area (Å²) in [4.78, 5) is 23.6. The average Bonchev–Trinajstić information content (AvgIpc) is 3.36. The zero-order valence-electron chi connectivity index (χ0n) is 20.5. The Labute approximate surface area is 214 Å². The predicted octanol–water partition coefficient (Wildman–Crippen LogP) is 5.57. The van der Waals surface area contributed by atoms with Crippen LogP contribution in [0.3, 0.4) is 0 Å². The molecule has 0 spiro atoms. The highest BCUT2D eigenvalue weighted by molar-refractivity contribution is 7.12. The van der Waals surface area contributed by atoms with Crippen LogP contribution >= 0.6 is 22.9 Å². The highest BCUT2D eigenvalue weighted by Gasteiger charge is 2.27. The van der Waals surface area contributed by atoms with Crippen LogP contribution < -0.4 is 0 Å². The van der Waals surface area contributed by atoms with Gasteiger partial charge in [0.15, 0.2) is 5.82 Å². The molecule has 3 aromatic rings. The van der Waals surface area contributed by atoms with Crippen LogP contribution in [0, 0.1) is 27.7 Å². The standard InChI is InChI=1S/C26H31ClN4O3S/c1-14-15(2)35-16(3)24(14)25(18-5-7-19(27)8-6-18)29-22(26-28-17(4)30-31-26)13-23(33)34-21-11-9-20(32)10-12-21/h5-8,20-22,32H,9-13H2,1-4H3,(H,28,30,31)/b29-25-. The molecule has 1 fully saturated rings. The first-order valence-electron chi connectivity index (χ1n) is 11.9. The number of hydrogen-bond acceptors (Lipinski definition) is 7. The Hall–Kier alpha value is -2.55. The topological polar surface area (TPSA) is 100 Å². The Kier molecular flexibility index (Phi) is 8.04. The second-order valence-corrected chi connectivity index (χ2v) is 11.0. The van der Waals surface area contributed by atoms with Gasteiger partial charge in [0, 0.05) is 25.9 Å². The fraction of sp³-hybridized carbons (Fsp3) is 0.462. The van der Waals surface area contributed by atoms with Crippen LogP contribution in [-0.2, 0) is 9.53 Å². The number of nitrogens with zero attached hydrogens (tertiary/aromatic N) is 3. The first-order chi connectivity index (χ1) is 16.7. The lowest BCUT2D eigenvalue weighted by molar-refractivity contribution is -0.152. The summed E-state index contributed by atoms with van der Waals surface area (Å²) in [7, 11) is 0. The Balaban J connectivity index is 1.71. The third-order valence-corrected chi connectivity index (χ3v) is 7.81. The van der Waals surface area contributed by atoms with Crippen LogP contribution in [0.1, 0.15) is 76.2 Å². The molecule has 7 nitrogen and oxygen atoms in total. The molecule has 0 saturated heterocycles. The number of hydrogen-bond donors (Lipinski definition) is 2. The molecule has 1 aliphatic rings. The highest BCUT2D eigenvalue weighted by atomic mass is 35.5. The zero-order valence-corrected chi connectivity index (χ0v) is 22.0. The minimum atomic E-state index is -0.595. The van der Waals surface area contributed by atoms with Crippen LogP contribution in [0.5, 0.6) is 0 Å². The molecule has 0 amide bonds. The number of rotatable bonds is 7. The number of aliphatic hydroxyl groups is 1. The van der Waals surface area contributed by atoms with Crippen molar-refractivity contribution in [1.82, 2.24) is 15.2 Å². The van der Waals surface area contributed by atoms with Crippen LogP contribution in [0.4, 0.5) is 0 Å². The van der Waals surface area contributed by atoms with E-state index in [1.807, 2.05) is 31.2 Å². The van der Waals surface area contributed by atoms with Crippen molar-refractivity contribution in [2.45, 2.75) is 78.0 Å². The number of H-pyrrole nitrogens is 1. The molecule has 35 heavy (non-hydrogen) atoms. The number of halogens is 1. The van der Waals surface area contributed by atoms with Gasteiger partial charge in [-0.25, -0.2) is 0 Å². The normalized spacial score (nSPS) is 19.5. The number of ether oxygens (including phenoxy) is 1. The second-order valence-electron chi connectivity index (χ2n) is 9.13. The number of aromatic nitrogens is 3. The van der Waals surface area contributed by atoms with Crippen LogP contribution in [0.2, 0.25) is 5.02 Å². The molecule has 9 heteroatoms. The maximum Gasteiger partial charge on any atom is 0.308 e. The summed E-state index contributed by atoms with van der Waals surface area (Å²) in [5, 5.41) is 18.8. The average molecular weight is 515 g/mol. The molecule has 2 heterocycles. The van der Waals surface area contributed by atoms with E-state index >= 15 is 0 Å². The second kappa shape index (κ2) is 11.0. The van der Waals surface area contributed by atoms with E-state index in [1.165, 1.54) is 4.88 Å². The summed E-state index contributed by atoms with van der Waals surface area (Å²) in [6.07, 6.45) is 2.20. The first kappa shape index (κ1) is 25.5. The smallest absolute Gasteiger partial charge is 0.308 e. The first-order valence-corrected chi connectivity index (χ1v) is 13.1. The molecule has 1 atom stereocenters. The van der Waals surface area contributed by atoms with Crippen molar-refractivity contribution >= 4 is 34.6 Å². The molecule has 186 valence electrons. The molecule has 0 aliphatic heterocycles. The van der Waals surface area contributed by atoms with Crippen molar-refractivity contribution < 1.29 is 14.6 Å². The maximum atomic E-state index is 13.0. The molecule has 1 unspecified atom stereocenters. The number of carbonyl (C=O) groups is 1. The number of aryl methyl sites for hydroxylation is 3. The monoisotopic (exact) mass is 514 g/mol. The number of nitrogens with one attached hydrogen (secondary N) is 1. The predicted molar refractivity (Wildman–Crippen MR) is 138 cm³/mol. The van der Waals surface area contributed by atoms with Gasteiger partial charge < -0.3 is 14.8 Å². The lowest BCUT2D eigenvalue weighted by Crippen LogP contribution is -2.27. The molecule has 4 rings (SSSR count). The van der Waals surface area contributed by atoms with E-state index in [0.717, 1.165) is 27.3 Å². The van der Waals surface area contributed by atoms with Gasteiger partial charge in [0.05, 0.1) is 18.2 Å². The van der Waals surface area contributed by atoms with Gasteiger partial charge in [-0.1, -0.05) is 23.7 Å². The van der Waals surface area contributed by atoms with Gasteiger partial charge in [0.2, 0.25) is 0 Å². The summed E-state index contributed by atoms with van der Waals surface area (Å²) < 4.78 is 5.76. The molecular formula is C26H31ClN4O3S. The fourth-order valence-electron chi connectivity index (χ4n) is 4.46. The van der Waals surface area contributed by atoms with Gasteiger partial charge in [-0.2, -0.15) is 0 Å². The maximum absolute atomic E-state index is 13.0. The van der Waals surface area contributed by atoms with Crippen molar-refractivity contribution in [2.24, 2.45) is 4.99 Å². The summed E-state index contributed by atoms with van der Waals surface area (Å²) in [6, 6.07) is 6.98. The van der Waals surface area contributed by atoms with E-state index in [4.69, 9.17) is 21.3 Å². The largest absolute Gasteiger partial charge is 0.462 e. The minimum Gasteiger partial charge on any atom is -0.462 e. The molecule has 0 bridgehead atoms. The number of carbonyl (C=O) groups excluding carboxylic acids is 1. The highest BCUT2D eigenvalue weighted by Crippen LogP contribution is 2.32. The van der Waals surface area contributed by atoms with Gasteiger partial charge in [-0.15, -0.1) is 21.5 Å². The molecule has 1 saturated carbocycles. The van der Waals surface area contributed by atoms with Crippen LogP contribution in [0.15, 0.2) is 29.3 Å². The molecule has 1 aromatic carbocycles. The lowest BCUT2D eigenvalue weighted by atomic mass is 9.95. The van der Waals surface area contributed by atoms with Crippen molar-refractivity contribution in [3.05, 3.63) is 67.4 Å². The van der Waals surface area contributed by atoms with Crippen molar-refractivity contribution in [1.29, 1.82) is 0 Å². The number of thiophene rings is 1.